The molecule has 7 rings (SSSR count). The molecule has 2 aromatic heterocycles. The lowest BCUT2D eigenvalue weighted by Crippen LogP contribution is -2.59. The molecule has 3 aliphatic rings. The number of nitrogens with one attached hydrogen (secondary N) is 5. The number of hydrogen-bond acceptors (Lipinski definition) is 19. The first kappa shape index (κ1) is 74.5. The first-order valence-electron chi connectivity index (χ1n) is 31.6. The van der Waals surface area contributed by atoms with Gasteiger partial charge in [-0.1, -0.05) is 6.42 Å². The molecule has 5 heterocycles. The minimum Gasteiger partial charge on any atom is -0.494 e. The van der Waals surface area contributed by atoms with Crippen molar-refractivity contribution in [3.8, 4) is 23.6 Å². The van der Waals surface area contributed by atoms with Crippen LogP contribution in [0.25, 0.3) is 21.8 Å². The molecular formula is C64H78F4N14O15. The van der Waals surface area contributed by atoms with Gasteiger partial charge in [0.2, 0.25) is 29.5 Å². The fourth-order valence-electron chi connectivity index (χ4n) is 11.9. The fourth-order valence-corrected chi connectivity index (χ4v) is 11.9. The number of unbranched alkanes of at least 4 members (excludes halogenated alkanes) is 3. The summed E-state index contributed by atoms with van der Waals surface area (Å²) in [6, 6.07) is 12.0. The molecule has 29 nitrogen and oxygen atoms in total. The molecule has 33 heteroatoms. The quantitative estimate of drug-likeness (QED) is 0.0242. The van der Waals surface area contributed by atoms with Crippen molar-refractivity contribution in [2.75, 3.05) is 105 Å². The van der Waals surface area contributed by atoms with Crippen molar-refractivity contribution in [2.24, 2.45) is 0 Å². The molecule has 0 saturated carbocycles. The molecule has 7 amide bonds. The molecule has 0 bridgehead atoms. The molecule has 0 radical (unpaired) electrons. The second-order valence-electron chi connectivity index (χ2n) is 24.2. The van der Waals surface area contributed by atoms with Gasteiger partial charge in [-0.25, -0.2) is 17.6 Å². The van der Waals surface area contributed by atoms with E-state index in [2.05, 4.69) is 36.6 Å². The number of hydrogen-bond donors (Lipinski definition) is 8. The number of aromatic nitrogens is 2. The van der Waals surface area contributed by atoms with Crippen LogP contribution < -0.4 is 36.1 Å². The van der Waals surface area contributed by atoms with Gasteiger partial charge in [-0.3, -0.25) is 72.6 Å². The number of benzene rings is 2. The van der Waals surface area contributed by atoms with Gasteiger partial charge in [-0.2, -0.15) is 10.5 Å². The number of carbonyl (C=O) groups excluding carboxylic acids is 7. The summed E-state index contributed by atoms with van der Waals surface area (Å²) >= 11 is 0. The van der Waals surface area contributed by atoms with Crippen molar-refractivity contribution < 1.29 is 90.3 Å². The van der Waals surface area contributed by atoms with Crippen LogP contribution in [0.2, 0.25) is 0 Å². The number of carbonyl (C=O) groups is 10. The average molecular weight is 1360 g/mol. The summed E-state index contributed by atoms with van der Waals surface area (Å²) in [7, 11) is 1.57. The van der Waals surface area contributed by atoms with Crippen LogP contribution in [-0.4, -0.2) is 250 Å². The van der Waals surface area contributed by atoms with Crippen molar-refractivity contribution >= 4 is 81.1 Å². The Kier molecular flexibility index (Phi) is 26.7. The van der Waals surface area contributed by atoms with Gasteiger partial charge in [0.15, 0.2) is 0 Å². The molecule has 3 saturated heterocycles. The number of halogens is 4. The highest BCUT2D eigenvalue weighted by molar-refractivity contribution is 6.08. The van der Waals surface area contributed by atoms with Crippen LogP contribution in [0.1, 0.15) is 97.8 Å². The molecule has 97 heavy (non-hydrogen) atoms. The zero-order valence-electron chi connectivity index (χ0n) is 53.4. The van der Waals surface area contributed by atoms with Crippen LogP contribution >= 0.6 is 0 Å². The Morgan fingerprint density at radius 1 is 0.619 bits per heavy atom. The number of nitrogens with zero attached hydrogens (tertiary/aromatic N) is 9. The highest BCUT2D eigenvalue weighted by Crippen LogP contribution is 2.34. The third kappa shape index (κ3) is 22.1. The Morgan fingerprint density at radius 2 is 1.10 bits per heavy atom. The smallest absolute Gasteiger partial charge is 0.317 e. The molecule has 3 aliphatic heterocycles. The van der Waals surface area contributed by atoms with Gasteiger partial charge in [0, 0.05) is 93.7 Å². The lowest BCUT2D eigenvalue weighted by atomic mass is 9.88. The summed E-state index contributed by atoms with van der Waals surface area (Å²) < 4.78 is 67.7. The molecular weight excluding hydrogens is 1280 g/mol. The summed E-state index contributed by atoms with van der Waals surface area (Å²) in [5.41, 5.74) is 0.0367. The number of carboxylic acids is 3. The predicted octanol–water partition coefficient (Wildman–Crippen LogP) is 2.38. The van der Waals surface area contributed by atoms with E-state index in [1.807, 2.05) is 0 Å². The second kappa shape index (κ2) is 34.7. The third-order valence-corrected chi connectivity index (χ3v) is 16.8. The summed E-state index contributed by atoms with van der Waals surface area (Å²) in [6.07, 6.45) is 3.23. The summed E-state index contributed by atoms with van der Waals surface area (Å²) in [5, 5.41) is 61.7. The average Bonchev–Trinajstić information content (AvgIpc) is 1.41. The van der Waals surface area contributed by atoms with Crippen LogP contribution in [0.4, 0.5) is 17.6 Å². The van der Waals surface area contributed by atoms with Gasteiger partial charge >= 0.3 is 17.9 Å². The van der Waals surface area contributed by atoms with Crippen LogP contribution in [0.15, 0.2) is 60.9 Å². The van der Waals surface area contributed by atoms with Crippen molar-refractivity contribution in [1.29, 1.82) is 10.5 Å². The lowest BCUT2D eigenvalue weighted by molar-refractivity contribution is -0.142. The standard InChI is InChI=1S/C64H78F4N14O15/c1-78(34-56(87)88)62(37-79(35-57(89)90)22-23-80(38-62)36-58(91)92)17-3-2-8-53(84)77-51(61(95)74-19-5-7-25-97-44-10-12-50-48(27-44)46(16-21-72-50)60(94)76-33-55(86)82-40-64(67,68)29-42(82)31-70)13-14-52(83)73-18-4-6-24-96-43-9-11-49-47(26-43)45(15-20-71-49)59(93)75-32-54(85)81-39-63(65,66)28-41(81)30-69/h9-12,15-16,20-21,26-27,41-42,51H,2-8,13-14,17-19,22-25,28-29,32-40H2,1H3,(H,73,83)(H,74,95)(H,75,93)(H,76,94)(H,77,84)(H,87,88)(H,89,90)(H,91,92)/t41-,42+,51+/m1/s1. The number of nitriles is 2. The molecule has 0 aliphatic carbocycles. The van der Waals surface area contributed by atoms with Gasteiger partial charge in [0.25, 0.3) is 23.7 Å². The largest absolute Gasteiger partial charge is 0.494 e. The zero-order chi connectivity index (χ0) is 70.5. The third-order valence-electron chi connectivity index (χ3n) is 16.8. The van der Waals surface area contributed by atoms with E-state index < -0.39 is 140 Å². The first-order valence-corrected chi connectivity index (χ1v) is 31.6. The number of pyridine rings is 2. The highest BCUT2D eigenvalue weighted by Gasteiger charge is 2.48. The van der Waals surface area contributed by atoms with Gasteiger partial charge in [0.05, 0.1) is 93.3 Å². The fraction of sp³-hybridized carbons (Fsp3) is 0.531. The van der Waals surface area contributed by atoms with Crippen LogP contribution in [0, 0.1) is 22.7 Å². The van der Waals surface area contributed by atoms with Gasteiger partial charge in [-0.05, 0) is 101 Å². The minimum atomic E-state index is -3.23. The van der Waals surface area contributed by atoms with E-state index in [9.17, 15) is 91.4 Å². The molecule has 3 fully saturated rings. The number of likely N-dealkylation sites (tertiary alicyclic amines) is 2. The van der Waals surface area contributed by atoms with Gasteiger partial charge < -0.3 is 61.2 Å². The minimum absolute atomic E-state index is 0.0953. The molecule has 0 spiro atoms. The molecule has 8 N–H and O–H groups in total. The Bertz CT molecular complexity index is 3600. The van der Waals surface area contributed by atoms with E-state index in [0.29, 0.717) is 65.4 Å². The number of carboxylic acid groups (broad SMARTS) is 3. The number of ether oxygens (including phenoxy) is 2. The van der Waals surface area contributed by atoms with Crippen molar-refractivity contribution in [3.05, 3.63) is 72.1 Å². The van der Waals surface area contributed by atoms with E-state index in [1.165, 1.54) is 24.5 Å². The summed E-state index contributed by atoms with van der Waals surface area (Å²) in [6.45, 7) is -3.06. The van der Waals surface area contributed by atoms with Crippen molar-refractivity contribution in [3.63, 3.8) is 0 Å². The van der Waals surface area contributed by atoms with Gasteiger partial charge in [0.1, 0.15) is 29.6 Å². The predicted molar refractivity (Wildman–Crippen MR) is 336 cm³/mol. The van der Waals surface area contributed by atoms with E-state index >= 15 is 0 Å². The SMILES string of the molecule is CN(CC(=O)O)C1(CCCCC(=O)N[C@@H](CCC(=O)NCCCCOc2ccc3nccc(C(=O)NCC(=O)N4CC(F)(F)C[C@@H]4C#N)c3c2)C(=O)NCCCCOc2ccc3nccc(C(=O)NCC(=O)N4CC(F)(F)C[C@H]4C#N)c3c2)CN(CC(=O)O)CCN(CC(=O)O)C1. The van der Waals surface area contributed by atoms with Crippen LogP contribution in [0.3, 0.4) is 0 Å². The molecule has 3 atom stereocenters. The normalized spacial score (nSPS) is 17.6. The first-order chi connectivity index (χ1) is 46.2. The Morgan fingerprint density at radius 3 is 1.57 bits per heavy atom. The molecule has 0 unspecified atom stereocenters. The van der Waals surface area contributed by atoms with Crippen LogP contribution in [0.5, 0.6) is 11.5 Å². The van der Waals surface area contributed by atoms with E-state index in [0.717, 1.165) is 9.80 Å². The number of rotatable bonds is 35. The summed E-state index contributed by atoms with van der Waals surface area (Å²) in [4.78, 5) is 143. The molecule has 2 aromatic carbocycles. The maximum Gasteiger partial charge on any atom is 0.317 e. The number of fused-ring (bicyclic) bond motifs is 2. The Balaban J connectivity index is 0.909. The monoisotopic (exact) mass is 1360 g/mol. The maximum atomic E-state index is 14.0. The number of amides is 7. The Hall–Kier alpha value is -9.86. The Labute approximate surface area is 554 Å². The molecule has 522 valence electrons. The number of likely N-dealkylation sites (N-methyl/N-ethyl adjacent to an activating group) is 1. The van der Waals surface area contributed by atoms with Crippen molar-refractivity contribution in [2.45, 2.75) is 113 Å². The van der Waals surface area contributed by atoms with Crippen LogP contribution in [-0.2, 0) is 38.4 Å². The second-order valence-corrected chi connectivity index (χ2v) is 24.2. The van der Waals surface area contributed by atoms with E-state index in [4.69, 9.17) is 9.47 Å². The summed E-state index contributed by atoms with van der Waals surface area (Å²) in [5.74, 6) is -13.8. The number of alkyl halides is 4. The topological polar surface area (TPSA) is 400 Å². The molecule has 4 aromatic rings. The van der Waals surface area contributed by atoms with Crippen molar-refractivity contribution in [1.82, 2.24) is 61.1 Å². The zero-order valence-corrected chi connectivity index (χ0v) is 53.4. The van der Waals surface area contributed by atoms with E-state index in [-0.39, 0.29) is 109 Å². The van der Waals surface area contributed by atoms with Gasteiger partial charge in [-0.15, -0.1) is 0 Å². The number of aliphatic carboxylic acids is 3. The maximum absolute atomic E-state index is 14.0. The highest BCUT2D eigenvalue weighted by atomic mass is 19.3. The van der Waals surface area contributed by atoms with E-state index in [1.54, 1.807) is 70.3 Å². The lowest BCUT2D eigenvalue weighted by Gasteiger charge is -2.44.